The second kappa shape index (κ2) is 19.4. The monoisotopic (exact) mass is 933 g/mol. The van der Waals surface area contributed by atoms with Crippen molar-refractivity contribution in [1.82, 2.24) is 23.8 Å². The minimum atomic E-state index is -0.333. The third kappa shape index (κ3) is 9.11. The largest absolute Gasteiger partial charge is 0.508 e. The van der Waals surface area contributed by atoms with E-state index < -0.39 is 0 Å². The maximum absolute atomic E-state index is 15.2. The zero-order valence-electron chi connectivity index (χ0n) is 39.2. The lowest BCUT2D eigenvalue weighted by atomic mass is 9.89. The Balaban J connectivity index is 1.03. The molecule has 0 saturated carbocycles. The van der Waals surface area contributed by atoms with Crippen LogP contribution >= 0.6 is 11.6 Å². The molecular formula is C54H56ClN7O6. The van der Waals surface area contributed by atoms with E-state index in [1.54, 1.807) is 40.8 Å². The Hall–Kier alpha value is -6.85. The van der Waals surface area contributed by atoms with E-state index in [2.05, 4.69) is 36.1 Å². The van der Waals surface area contributed by atoms with Gasteiger partial charge in [0.25, 0.3) is 11.8 Å². The molecule has 13 nitrogen and oxygen atoms in total. The normalized spacial score (nSPS) is 15.9. The maximum Gasteiger partial charge on any atom is 0.264 e. The highest BCUT2D eigenvalue weighted by Gasteiger charge is 2.34. The Morgan fingerprint density at radius 3 is 2.32 bits per heavy atom. The zero-order valence-corrected chi connectivity index (χ0v) is 40.0. The summed E-state index contributed by atoms with van der Waals surface area (Å²) in [6.45, 7) is 11.6. The molecule has 0 spiro atoms. The molecule has 1 saturated heterocycles. The SMILES string of the molecule is Cc1c(N(C(=O)c2cc(-c3cc4c(cc3C(=O)N3Cc5ccccc5C[C@H]3C)CN(C(=O)Cc3ccc(OCCN5CCOCC5)cc3Cl)CC4)n(C)c2C)c2ccc(O)cc2)cc(C#N)n1C. The standard InChI is InChI=1S/C54H56ClN7O6/c1-34-24-37-8-6-7-9-40(37)33-61(34)53(65)48-26-41-32-60(52(64)27-39-10-15-45(29-49(39)55)68-23-20-59-18-21-67-22-19-59)17-16-38(41)25-47(48)51-30-46(35(2)58(51)5)54(66)62(42-11-13-44(63)14-12-42)50-28-43(31-56)57(4)36(50)3/h6-15,25-26,28-30,34,63H,16-24,27,32-33H2,1-5H3/t34-/m1/s1. The van der Waals surface area contributed by atoms with E-state index in [-0.39, 0.29) is 35.9 Å². The molecule has 4 aromatic carbocycles. The molecule has 14 heteroatoms. The van der Waals surface area contributed by atoms with E-state index in [1.807, 2.05) is 71.7 Å². The molecule has 0 aliphatic carbocycles. The summed E-state index contributed by atoms with van der Waals surface area (Å²) in [5.74, 6) is 0.188. The zero-order chi connectivity index (χ0) is 47.8. The number of carbonyl (C=O) groups is 3. The maximum atomic E-state index is 15.2. The summed E-state index contributed by atoms with van der Waals surface area (Å²) in [5, 5.41) is 20.6. The molecule has 1 fully saturated rings. The molecule has 3 amide bonds. The number of aromatic hydroxyl groups is 1. The van der Waals surface area contributed by atoms with E-state index in [0.29, 0.717) is 94.3 Å². The van der Waals surface area contributed by atoms with Crippen molar-refractivity contribution in [1.29, 1.82) is 5.26 Å². The Kier molecular flexibility index (Phi) is 13.2. The van der Waals surface area contributed by atoms with Gasteiger partial charge in [-0.2, -0.15) is 5.26 Å². The lowest BCUT2D eigenvalue weighted by Gasteiger charge is -2.36. The first-order chi connectivity index (χ1) is 32.8. The van der Waals surface area contributed by atoms with Gasteiger partial charge in [-0.05, 0) is 122 Å². The Morgan fingerprint density at radius 1 is 0.853 bits per heavy atom. The second-order valence-electron chi connectivity index (χ2n) is 18.1. The number of phenols is 1. The van der Waals surface area contributed by atoms with Crippen molar-refractivity contribution < 1.29 is 29.0 Å². The number of halogens is 1. The van der Waals surface area contributed by atoms with Crippen LogP contribution in [0.3, 0.4) is 0 Å². The molecule has 350 valence electrons. The van der Waals surface area contributed by atoms with Crippen molar-refractivity contribution in [2.45, 2.75) is 59.2 Å². The van der Waals surface area contributed by atoms with Crippen LogP contribution < -0.4 is 9.64 Å². The molecule has 1 atom stereocenters. The average molecular weight is 935 g/mol. The van der Waals surface area contributed by atoms with Crippen LogP contribution in [0.25, 0.3) is 11.3 Å². The number of hydrogen-bond acceptors (Lipinski definition) is 8. The van der Waals surface area contributed by atoms with E-state index in [4.69, 9.17) is 21.1 Å². The molecule has 0 bridgehead atoms. The fraction of sp³-hybridized carbons (Fsp3) is 0.333. The van der Waals surface area contributed by atoms with Gasteiger partial charge in [-0.15, -0.1) is 0 Å². The number of morpholine rings is 1. The van der Waals surface area contributed by atoms with E-state index >= 15 is 9.59 Å². The fourth-order valence-corrected chi connectivity index (χ4v) is 9.99. The van der Waals surface area contributed by atoms with Gasteiger partial charge >= 0.3 is 0 Å². The number of nitrogens with zero attached hydrogens (tertiary/aromatic N) is 7. The summed E-state index contributed by atoms with van der Waals surface area (Å²) in [6.07, 6.45) is 1.41. The highest BCUT2D eigenvalue weighted by molar-refractivity contribution is 6.31. The van der Waals surface area contributed by atoms with Crippen LogP contribution in [0.5, 0.6) is 11.5 Å². The van der Waals surface area contributed by atoms with Gasteiger partial charge in [0.15, 0.2) is 0 Å². The van der Waals surface area contributed by atoms with Gasteiger partial charge in [0.05, 0.1) is 30.9 Å². The molecule has 0 radical (unpaired) electrons. The summed E-state index contributed by atoms with van der Waals surface area (Å²) >= 11 is 6.75. The van der Waals surface area contributed by atoms with Crippen LogP contribution in [0.1, 0.15) is 72.5 Å². The molecular weight excluding hydrogens is 878 g/mol. The van der Waals surface area contributed by atoms with Crippen LogP contribution in [0.2, 0.25) is 5.02 Å². The lowest BCUT2D eigenvalue weighted by Crippen LogP contribution is -2.43. The minimum absolute atomic E-state index is 0.0568. The van der Waals surface area contributed by atoms with Crippen molar-refractivity contribution in [3.63, 3.8) is 0 Å². The van der Waals surface area contributed by atoms with Crippen molar-refractivity contribution in [3.05, 3.63) is 152 Å². The summed E-state index contributed by atoms with van der Waals surface area (Å²) in [4.78, 5) is 51.9. The summed E-state index contributed by atoms with van der Waals surface area (Å²) in [7, 11) is 3.69. The van der Waals surface area contributed by atoms with Gasteiger partial charge in [-0.3, -0.25) is 24.2 Å². The van der Waals surface area contributed by atoms with E-state index in [9.17, 15) is 15.2 Å². The van der Waals surface area contributed by atoms with Crippen molar-refractivity contribution in [2.24, 2.45) is 14.1 Å². The highest BCUT2D eigenvalue weighted by atomic mass is 35.5. The molecule has 0 unspecified atom stereocenters. The third-order valence-corrected chi connectivity index (χ3v) is 14.4. The van der Waals surface area contributed by atoms with Gasteiger partial charge in [-0.25, -0.2) is 0 Å². The van der Waals surface area contributed by atoms with Crippen molar-refractivity contribution in [3.8, 4) is 28.8 Å². The number of benzene rings is 4. The van der Waals surface area contributed by atoms with Crippen LogP contribution in [-0.4, -0.2) is 98.7 Å². The molecule has 68 heavy (non-hydrogen) atoms. The number of amides is 3. The Labute approximate surface area is 402 Å². The van der Waals surface area contributed by atoms with Crippen molar-refractivity contribution in [2.75, 3.05) is 50.9 Å². The minimum Gasteiger partial charge on any atom is -0.508 e. The number of ether oxygens (including phenoxy) is 2. The topological polar surface area (TPSA) is 137 Å². The van der Waals surface area contributed by atoms with Gasteiger partial charge < -0.3 is 33.5 Å². The summed E-state index contributed by atoms with van der Waals surface area (Å²) < 4.78 is 15.1. The third-order valence-electron chi connectivity index (χ3n) is 14.1. The van der Waals surface area contributed by atoms with E-state index in [1.165, 1.54) is 17.7 Å². The van der Waals surface area contributed by atoms with Gasteiger partial charge in [0, 0.05) is 98.3 Å². The molecule has 1 N–H and O–H groups in total. The first-order valence-electron chi connectivity index (χ1n) is 23.2. The number of fused-ring (bicyclic) bond motifs is 2. The number of hydrogen-bond donors (Lipinski definition) is 1. The predicted molar refractivity (Wildman–Crippen MR) is 262 cm³/mol. The van der Waals surface area contributed by atoms with Gasteiger partial charge in [-0.1, -0.05) is 41.9 Å². The number of nitriles is 1. The lowest BCUT2D eigenvalue weighted by molar-refractivity contribution is -0.131. The first-order valence-corrected chi connectivity index (χ1v) is 23.6. The molecule has 3 aliphatic heterocycles. The highest BCUT2D eigenvalue weighted by Crippen LogP contribution is 2.39. The first kappa shape index (κ1) is 46.3. The number of aromatic nitrogens is 2. The van der Waals surface area contributed by atoms with Crippen LogP contribution in [0, 0.1) is 25.2 Å². The Morgan fingerprint density at radius 2 is 1.60 bits per heavy atom. The Bertz CT molecular complexity index is 2960. The summed E-state index contributed by atoms with van der Waals surface area (Å²) in [6, 6.07) is 29.8. The average Bonchev–Trinajstić information content (AvgIpc) is 3.80. The number of phenolic OH excluding ortho intramolecular Hbond substituents is 1. The number of carbonyl (C=O) groups excluding carboxylic acids is 3. The van der Waals surface area contributed by atoms with E-state index in [0.717, 1.165) is 61.5 Å². The smallest absolute Gasteiger partial charge is 0.264 e. The predicted octanol–water partition coefficient (Wildman–Crippen LogP) is 8.28. The molecule has 2 aromatic heterocycles. The molecule has 6 aromatic rings. The van der Waals surface area contributed by atoms with Gasteiger partial charge in [0.2, 0.25) is 5.91 Å². The second-order valence-corrected chi connectivity index (χ2v) is 18.5. The molecule has 3 aliphatic rings. The molecule has 5 heterocycles. The van der Waals surface area contributed by atoms with Gasteiger partial charge in [0.1, 0.15) is 29.9 Å². The van der Waals surface area contributed by atoms with Crippen molar-refractivity contribution >= 4 is 40.7 Å². The quantitative estimate of drug-likeness (QED) is 0.137. The number of rotatable bonds is 11. The van der Waals surface area contributed by atoms with Crippen LogP contribution in [0.4, 0.5) is 11.4 Å². The number of anilines is 2. The van der Waals surface area contributed by atoms with Crippen LogP contribution in [-0.2, 0) is 56.0 Å². The summed E-state index contributed by atoms with van der Waals surface area (Å²) in [5.41, 5.74) is 10.1. The molecule has 9 rings (SSSR count). The fourth-order valence-electron chi connectivity index (χ4n) is 9.75. The van der Waals surface area contributed by atoms with Crippen LogP contribution in [0.15, 0.2) is 91.0 Å².